The number of rotatable bonds is 16. The van der Waals surface area contributed by atoms with Crippen LogP contribution >= 0.6 is 0 Å². The fourth-order valence-electron chi connectivity index (χ4n) is 5.16. The molecule has 0 bridgehead atoms. The van der Waals surface area contributed by atoms with Crippen molar-refractivity contribution in [1.29, 1.82) is 0 Å². The lowest BCUT2D eigenvalue weighted by atomic mass is 9.72. The minimum atomic E-state index is -0.759. The standard InChI is InChI=1S/C31H40N2O5/c1-30(26(21-34)28(32)37,23-13-5-3-6-14-23)19-11-9-17-25(36)18-10-12-20-31(2,27(22-35)29(33)38)24-15-7-4-8-16-24/h3-8,13-16,21-22,34-35H,9-12,17-20H2,1-2H3,(H2,32,37)(H2,33,38)/b26-21+,27-22+. The van der Waals surface area contributed by atoms with Crippen LogP contribution in [0.3, 0.4) is 0 Å². The second-order valence-corrected chi connectivity index (χ2v) is 10.2. The van der Waals surface area contributed by atoms with Gasteiger partial charge in [-0.1, -0.05) is 87.4 Å². The first kappa shape index (κ1) is 30.4. The summed E-state index contributed by atoms with van der Waals surface area (Å²) in [7, 11) is 0. The molecular formula is C31H40N2O5. The third kappa shape index (κ3) is 7.57. The molecule has 2 atom stereocenters. The molecule has 0 saturated carbocycles. The SMILES string of the molecule is CC(CCCCC(=O)CCCCC(C)(/C(=C/O)C(N)=O)c1ccccc1)(/C(=C/O)C(N)=O)c1ccccc1. The lowest BCUT2D eigenvalue weighted by Gasteiger charge is -2.31. The Hall–Kier alpha value is -3.87. The first-order chi connectivity index (χ1) is 18.1. The minimum absolute atomic E-state index is 0.142. The number of ketones is 1. The van der Waals surface area contributed by atoms with Crippen LogP contribution in [-0.4, -0.2) is 27.8 Å². The summed E-state index contributed by atoms with van der Waals surface area (Å²) in [6.07, 6.45) is 6.18. The fourth-order valence-corrected chi connectivity index (χ4v) is 5.16. The van der Waals surface area contributed by atoms with Crippen molar-refractivity contribution in [2.75, 3.05) is 0 Å². The zero-order valence-electron chi connectivity index (χ0n) is 22.4. The van der Waals surface area contributed by atoms with Crippen molar-refractivity contribution < 1.29 is 24.6 Å². The molecule has 2 unspecified atom stereocenters. The van der Waals surface area contributed by atoms with Crippen LogP contribution in [-0.2, 0) is 25.2 Å². The van der Waals surface area contributed by atoms with E-state index in [1.807, 2.05) is 74.5 Å². The molecule has 38 heavy (non-hydrogen) atoms. The molecule has 0 fully saturated rings. The molecule has 2 aromatic carbocycles. The molecule has 0 aliphatic heterocycles. The van der Waals surface area contributed by atoms with Crippen LogP contribution in [0.1, 0.15) is 76.3 Å². The van der Waals surface area contributed by atoms with E-state index in [2.05, 4.69) is 0 Å². The van der Waals surface area contributed by atoms with Crippen LogP contribution in [0.2, 0.25) is 0 Å². The van der Waals surface area contributed by atoms with E-state index in [1.54, 1.807) is 0 Å². The smallest absolute Gasteiger partial charge is 0.248 e. The van der Waals surface area contributed by atoms with E-state index in [0.29, 0.717) is 51.4 Å². The molecule has 0 saturated heterocycles. The van der Waals surface area contributed by atoms with Gasteiger partial charge in [0.05, 0.1) is 23.7 Å². The number of amides is 2. The molecule has 2 amide bonds. The molecule has 0 aliphatic rings. The van der Waals surface area contributed by atoms with Crippen LogP contribution in [0.25, 0.3) is 0 Å². The molecule has 2 rings (SSSR count). The molecule has 7 heteroatoms. The van der Waals surface area contributed by atoms with E-state index in [4.69, 9.17) is 11.5 Å². The van der Waals surface area contributed by atoms with Gasteiger partial charge in [-0.25, -0.2) is 0 Å². The van der Waals surface area contributed by atoms with Crippen LogP contribution in [0.15, 0.2) is 84.3 Å². The average Bonchev–Trinajstić information content (AvgIpc) is 2.90. The Kier molecular flexibility index (Phi) is 11.3. The summed E-state index contributed by atoms with van der Waals surface area (Å²) in [6.45, 7) is 3.75. The second-order valence-electron chi connectivity index (χ2n) is 10.2. The summed E-state index contributed by atoms with van der Waals surface area (Å²) in [5.74, 6) is -1.20. The molecule has 6 N–H and O–H groups in total. The zero-order chi connectivity index (χ0) is 28.2. The fraction of sp³-hybridized carbons (Fsp3) is 0.387. The van der Waals surface area contributed by atoms with Gasteiger partial charge in [-0.2, -0.15) is 0 Å². The Morgan fingerprint density at radius 1 is 0.658 bits per heavy atom. The Bertz CT molecular complexity index is 1050. The van der Waals surface area contributed by atoms with E-state index in [1.165, 1.54) is 0 Å². The second kappa shape index (κ2) is 14.2. The molecule has 7 nitrogen and oxygen atoms in total. The van der Waals surface area contributed by atoms with E-state index in [9.17, 15) is 24.6 Å². The van der Waals surface area contributed by atoms with Crippen LogP contribution in [0, 0.1) is 0 Å². The number of primary amides is 2. The molecular weight excluding hydrogens is 480 g/mol. The van der Waals surface area contributed by atoms with Gasteiger partial charge < -0.3 is 21.7 Å². The van der Waals surface area contributed by atoms with Gasteiger partial charge in [0.15, 0.2) is 0 Å². The van der Waals surface area contributed by atoms with Gasteiger partial charge in [-0.05, 0) is 36.8 Å². The first-order valence-electron chi connectivity index (χ1n) is 13.0. The number of carbonyl (C=O) groups is 3. The quantitative estimate of drug-likeness (QED) is 0.132. The van der Waals surface area contributed by atoms with Crippen molar-refractivity contribution in [3.63, 3.8) is 0 Å². The van der Waals surface area contributed by atoms with Gasteiger partial charge in [-0.15, -0.1) is 0 Å². The Balaban J connectivity index is 1.91. The third-order valence-electron chi connectivity index (χ3n) is 7.56. The summed E-state index contributed by atoms with van der Waals surface area (Å²) in [5, 5.41) is 19.4. The summed E-state index contributed by atoms with van der Waals surface area (Å²) in [4.78, 5) is 36.6. The molecule has 0 heterocycles. The summed E-state index contributed by atoms with van der Waals surface area (Å²) < 4.78 is 0. The first-order valence-corrected chi connectivity index (χ1v) is 13.0. The number of hydrogen-bond donors (Lipinski definition) is 4. The lowest BCUT2D eigenvalue weighted by molar-refractivity contribution is -0.119. The molecule has 0 aliphatic carbocycles. The molecule has 204 valence electrons. The molecule has 0 radical (unpaired) electrons. The van der Waals surface area contributed by atoms with Gasteiger partial charge in [0.25, 0.3) is 0 Å². The zero-order valence-corrected chi connectivity index (χ0v) is 22.4. The van der Waals surface area contributed by atoms with Crippen molar-refractivity contribution in [2.45, 2.75) is 76.0 Å². The maximum Gasteiger partial charge on any atom is 0.248 e. The number of aliphatic hydroxyl groups excluding tert-OH is 2. The van der Waals surface area contributed by atoms with Gasteiger partial charge in [0, 0.05) is 23.7 Å². The predicted molar refractivity (Wildman–Crippen MR) is 149 cm³/mol. The molecule has 2 aromatic rings. The number of unbranched alkanes of at least 4 members (excludes halogenated alkanes) is 2. The Labute approximate surface area is 225 Å². The monoisotopic (exact) mass is 520 g/mol. The van der Waals surface area contributed by atoms with Crippen LogP contribution < -0.4 is 11.5 Å². The highest BCUT2D eigenvalue weighted by Gasteiger charge is 2.35. The Morgan fingerprint density at radius 2 is 1.00 bits per heavy atom. The largest absolute Gasteiger partial charge is 0.515 e. The number of hydrogen-bond acceptors (Lipinski definition) is 5. The van der Waals surface area contributed by atoms with Crippen molar-refractivity contribution >= 4 is 17.6 Å². The van der Waals surface area contributed by atoms with E-state index < -0.39 is 22.6 Å². The maximum absolute atomic E-state index is 12.6. The predicted octanol–water partition coefficient (Wildman–Crippen LogP) is 5.45. The summed E-state index contributed by atoms with van der Waals surface area (Å²) in [6, 6.07) is 18.9. The van der Waals surface area contributed by atoms with Crippen molar-refractivity contribution in [2.24, 2.45) is 11.5 Å². The number of aliphatic hydroxyl groups is 2. The number of benzene rings is 2. The van der Waals surface area contributed by atoms with Gasteiger partial charge in [-0.3, -0.25) is 14.4 Å². The average molecular weight is 521 g/mol. The number of Topliss-reactive ketones (excluding diaryl/α,β-unsaturated/α-hetero) is 1. The Morgan fingerprint density at radius 3 is 1.29 bits per heavy atom. The highest BCUT2D eigenvalue weighted by atomic mass is 16.2. The van der Waals surface area contributed by atoms with Crippen molar-refractivity contribution in [1.82, 2.24) is 0 Å². The van der Waals surface area contributed by atoms with E-state index >= 15 is 0 Å². The third-order valence-corrected chi connectivity index (χ3v) is 7.56. The highest BCUT2D eigenvalue weighted by molar-refractivity contribution is 5.95. The topological polar surface area (TPSA) is 144 Å². The van der Waals surface area contributed by atoms with Crippen LogP contribution in [0.5, 0.6) is 0 Å². The van der Waals surface area contributed by atoms with E-state index in [0.717, 1.165) is 23.7 Å². The summed E-state index contributed by atoms with van der Waals surface area (Å²) in [5.41, 5.74) is 11.6. The summed E-state index contributed by atoms with van der Waals surface area (Å²) >= 11 is 0. The highest BCUT2D eigenvalue weighted by Crippen LogP contribution is 2.38. The number of nitrogens with two attached hydrogens (primary N) is 2. The van der Waals surface area contributed by atoms with Gasteiger partial charge in [0.1, 0.15) is 5.78 Å². The van der Waals surface area contributed by atoms with E-state index in [-0.39, 0.29) is 16.9 Å². The molecule has 0 aromatic heterocycles. The van der Waals surface area contributed by atoms with Crippen molar-refractivity contribution in [3.8, 4) is 0 Å². The maximum atomic E-state index is 12.6. The van der Waals surface area contributed by atoms with Gasteiger partial charge in [0.2, 0.25) is 11.8 Å². The van der Waals surface area contributed by atoms with Crippen molar-refractivity contribution in [3.05, 3.63) is 95.5 Å². The van der Waals surface area contributed by atoms with Gasteiger partial charge >= 0.3 is 0 Å². The molecule has 0 spiro atoms. The minimum Gasteiger partial charge on any atom is -0.515 e. The van der Waals surface area contributed by atoms with Crippen LogP contribution in [0.4, 0.5) is 0 Å². The lowest BCUT2D eigenvalue weighted by Crippen LogP contribution is -2.33. The normalized spacial score (nSPS) is 15.3. The number of carbonyl (C=O) groups excluding carboxylic acids is 3.